The van der Waals surface area contributed by atoms with Gasteiger partial charge in [-0.15, -0.1) is 0 Å². The smallest absolute Gasteiger partial charge is 0.151 e. The van der Waals surface area contributed by atoms with Crippen LogP contribution in [0.2, 0.25) is 0 Å². The Morgan fingerprint density at radius 1 is 1.44 bits per heavy atom. The fourth-order valence-electron chi connectivity index (χ4n) is 1.50. The van der Waals surface area contributed by atoms with Crippen molar-refractivity contribution < 1.29 is 17.5 Å². The first-order valence-corrected chi connectivity index (χ1v) is 7.90. The van der Waals surface area contributed by atoms with Crippen LogP contribution >= 0.6 is 15.9 Å². The van der Waals surface area contributed by atoms with Gasteiger partial charge in [0.15, 0.2) is 9.84 Å². The zero-order chi connectivity index (χ0) is 14.1. The maximum atomic E-state index is 13.4. The summed E-state index contributed by atoms with van der Waals surface area (Å²) in [5.74, 6) is -0.256. The van der Waals surface area contributed by atoms with Crippen LogP contribution in [0, 0.1) is 5.82 Å². The van der Waals surface area contributed by atoms with Crippen LogP contribution in [0.3, 0.4) is 0 Å². The quantitative estimate of drug-likeness (QED) is 0.911. The molecule has 2 atom stereocenters. The number of benzene rings is 1. The van der Waals surface area contributed by atoms with Crippen LogP contribution in [0.25, 0.3) is 0 Å². The largest absolute Gasteiger partial charge is 0.496 e. The van der Waals surface area contributed by atoms with Crippen molar-refractivity contribution in [3.05, 3.63) is 28.0 Å². The Balaban J connectivity index is 3.28. The molecule has 0 spiro atoms. The fraction of sp³-hybridized carbons (Fsp3) is 0.455. The van der Waals surface area contributed by atoms with Crippen LogP contribution in [0.1, 0.15) is 18.5 Å². The van der Waals surface area contributed by atoms with Crippen LogP contribution in [-0.4, -0.2) is 27.0 Å². The van der Waals surface area contributed by atoms with E-state index in [0.29, 0.717) is 5.56 Å². The van der Waals surface area contributed by atoms with Crippen molar-refractivity contribution in [1.29, 1.82) is 0 Å². The normalized spacial score (nSPS) is 15.2. The molecule has 102 valence electrons. The summed E-state index contributed by atoms with van der Waals surface area (Å²) >= 11 is 3.04. The molecule has 0 heterocycles. The first kappa shape index (κ1) is 15.4. The molecule has 7 heteroatoms. The molecule has 0 saturated heterocycles. The third-order valence-electron chi connectivity index (χ3n) is 2.81. The van der Waals surface area contributed by atoms with Crippen LogP contribution in [0.4, 0.5) is 4.39 Å². The van der Waals surface area contributed by atoms with Crippen LogP contribution < -0.4 is 10.5 Å². The summed E-state index contributed by atoms with van der Waals surface area (Å²) in [6.45, 7) is 1.51. The highest BCUT2D eigenvalue weighted by molar-refractivity contribution is 9.10. The van der Waals surface area contributed by atoms with E-state index in [1.165, 1.54) is 26.2 Å². The van der Waals surface area contributed by atoms with E-state index in [0.717, 1.165) is 6.26 Å². The second kappa shape index (κ2) is 5.54. The average Bonchev–Trinajstić information content (AvgIpc) is 2.29. The summed E-state index contributed by atoms with van der Waals surface area (Å²) in [5, 5.41) is -0.788. The first-order chi connectivity index (χ1) is 8.18. The summed E-state index contributed by atoms with van der Waals surface area (Å²) in [7, 11) is -1.91. The lowest BCUT2D eigenvalue weighted by Gasteiger charge is -2.21. The maximum Gasteiger partial charge on any atom is 0.151 e. The molecule has 0 fully saturated rings. The number of hydrogen-bond acceptors (Lipinski definition) is 4. The van der Waals surface area contributed by atoms with Crippen molar-refractivity contribution in [2.24, 2.45) is 5.73 Å². The predicted octanol–water partition coefficient (Wildman–Crippen LogP) is 2.03. The van der Waals surface area contributed by atoms with E-state index in [1.807, 2.05) is 0 Å². The number of sulfone groups is 1. The van der Waals surface area contributed by atoms with Gasteiger partial charge in [-0.25, -0.2) is 12.8 Å². The van der Waals surface area contributed by atoms with Crippen molar-refractivity contribution in [2.45, 2.75) is 18.2 Å². The average molecular weight is 340 g/mol. The van der Waals surface area contributed by atoms with Gasteiger partial charge in [-0.1, -0.05) is 0 Å². The van der Waals surface area contributed by atoms with E-state index in [-0.39, 0.29) is 10.2 Å². The molecule has 0 aliphatic carbocycles. The molecule has 0 aliphatic rings. The van der Waals surface area contributed by atoms with E-state index < -0.39 is 26.9 Å². The summed E-state index contributed by atoms with van der Waals surface area (Å²) in [6, 6.07) is 1.83. The SMILES string of the molecule is COc1cc(F)c(Br)cc1C(N)C(C)S(C)(=O)=O. The summed E-state index contributed by atoms with van der Waals surface area (Å²) in [5.41, 5.74) is 6.37. The number of nitrogens with two attached hydrogens (primary N) is 1. The predicted molar refractivity (Wildman–Crippen MR) is 71.9 cm³/mol. The van der Waals surface area contributed by atoms with Gasteiger partial charge in [0.2, 0.25) is 0 Å². The molecule has 1 aromatic rings. The van der Waals surface area contributed by atoms with Gasteiger partial charge in [0.1, 0.15) is 11.6 Å². The van der Waals surface area contributed by atoms with Crippen molar-refractivity contribution in [3.8, 4) is 5.75 Å². The van der Waals surface area contributed by atoms with Gasteiger partial charge >= 0.3 is 0 Å². The van der Waals surface area contributed by atoms with E-state index in [2.05, 4.69) is 15.9 Å². The Hall–Kier alpha value is -0.660. The zero-order valence-electron chi connectivity index (χ0n) is 10.3. The Labute approximate surface area is 114 Å². The minimum atomic E-state index is -3.29. The highest BCUT2D eigenvalue weighted by Crippen LogP contribution is 2.32. The van der Waals surface area contributed by atoms with Crippen LogP contribution in [0.15, 0.2) is 16.6 Å². The third kappa shape index (κ3) is 3.21. The minimum Gasteiger partial charge on any atom is -0.496 e. The highest BCUT2D eigenvalue weighted by Gasteiger charge is 2.27. The summed E-state index contributed by atoms with van der Waals surface area (Å²) in [6.07, 6.45) is 1.11. The van der Waals surface area contributed by atoms with Gasteiger partial charge in [0, 0.05) is 23.9 Å². The summed E-state index contributed by atoms with van der Waals surface area (Å²) < 4.78 is 41.6. The van der Waals surface area contributed by atoms with Crippen LogP contribution in [-0.2, 0) is 9.84 Å². The molecule has 0 aromatic heterocycles. The minimum absolute atomic E-state index is 0.217. The molecule has 2 N–H and O–H groups in total. The molecule has 18 heavy (non-hydrogen) atoms. The molecular weight excluding hydrogens is 325 g/mol. The zero-order valence-corrected chi connectivity index (χ0v) is 12.7. The number of halogens is 2. The number of hydrogen-bond donors (Lipinski definition) is 1. The molecule has 4 nitrogen and oxygen atoms in total. The highest BCUT2D eigenvalue weighted by atomic mass is 79.9. The Kier molecular flexibility index (Phi) is 4.74. The standard InChI is InChI=1S/C11H15BrFNO3S/c1-6(18(3,15)16)11(14)7-4-8(12)9(13)5-10(7)17-2/h4-6,11H,14H2,1-3H3. The number of methoxy groups -OCH3 is 1. The molecule has 0 amide bonds. The van der Waals surface area contributed by atoms with Crippen molar-refractivity contribution >= 4 is 25.8 Å². The number of ether oxygens (including phenoxy) is 1. The molecule has 1 rings (SSSR count). The monoisotopic (exact) mass is 339 g/mol. The van der Waals surface area contributed by atoms with Crippen LogP contribution in [0.5, 0.6) is 5.75 Å². The van der Waals surface area contributed by atoms with Crippen molar-refractivity contribution in [1.82, 2.24) is 0 Å². The second-order valence-electron chi connectivity index (χ2n) is 4.07. The topological polar surface area (TPSA) is 69.4 Å². The molecule has 0 saturated carbocycles. The number of rotatable bonds is 4. The van der Waals surface area contributed by atoms with Gasteiger partial charge < -0.3 is 10.5 Å². The molecule has 0 aliphatic heterocycles. The van der Waals surface area contributed by atoms with Crippen molar-refractivity contribution in [3.63, 3.8) is 0 Å². The van der Waals surface area contributed by atoms with E-state index in [9.17, 15) is 12.8 Å². The molecule has 1 aromatic carbocycles. The van der Waals surface area contributed by atoms with E-state index >= 15 is 0 Å². The van der Waals surface area contributed by atoms with Gasteiger partial charge in [-0.2, -0.15) is 0 Å². The van der Waals surface area contributed by atoms with Gasteiger partial charge in [-0.3, -0.25) is 0 Å². The molecular formula is C11H15BrFNO3S. The third-order valence-corrected chi connectivity index (χ3v) is 5.06. The Morgan fingerprint density at radius 2 is 2.00 bits per heavy atom. The first-order valence-electron chi connectivity index (χ1n) is 5.16. The molecule has 2 unspecified atom stereocenters. The molecule has 0 bridgehead atoms. The Morgan fingerprint density at radius 3 is 2.44 bits per heavy atom. The second-order valence-corrected chi connectivity index (χ2v) is 7.33. The summed E-state index contributed by atoms with van der Waals surface area (Å²) in [4.78, 5) is 0. The maximum absolute atomic E-state index is 13.4. The van der Waals surface area contributed by atoms with Gasteiger partial charge in [-0.05, 0) is 28.9 Å². The van der Waals surface area contributed by atoms with Gasteiger partial charge in [0.05, 0.1) is 16.8 Å². The van der Waals surface area contributed by atoms with Gasteiger partial charge in [0.25, 0.3) is 0 Å². The lowest BCUT2D eigenvalue weighted by Crippen LogP contribution is -2.30. The fourth-order valence-corrected chi connectivity index (χ4v) is 2.54. The van der Waals surface area contributed by atoms with E-state index in [1.54, 1.807) is 0 Å². The van der Waals surface area contributed by atoms with Crippen molar-refractivity contribution in [2.75, 3.05) is 13.4 Å². The van der Waals surface area contributed by atoms with E-state index in [4.69, 9.17) is 10.5 Å². The lowest BCUT2D eigenvalue weighted by atomic mass is 10.0. The molecule has 0 radical (unpaired) electrons. The Bertz CT molecular complexity index is 547. The lowest BCUT2D eigenvalue weighted by molar-refractivity contribution is 0.401.